The molecule has 4 aromatic rings. The molecule has 1 aliphatic carbocycles. The van der Waals surface area contributed by atoms with Crippen molar-refractivity contribution in [2.45, 2.75) is 0 Å². The molecule has 152 valence electrons. The lowest BCUT2D eigenvalue weighted by molar-refractivity contribution is 0.104. The van der Waals surface area contributed by atoms with Gasteiger partial charge in [0.25, 0.3) is 0 Å². The predicted octanol–water partition coefficient (Wildman–Crippen LogP) is 6.71. The SMILES string of the molecule is O=C(Nc1cccc2c1C(=O)c1ccccc1-2)Nc1c(Cl)cc(Cl)c2ccc(O)cc12. The van der Waals surface area contributed by atoms with Crippen molar-refractivity contribution in [3.05, 3.63) is 87.9 Å². The van der Waals surface area contributed by atoms with E-state index in [-0.39, 0.29) is 16.6 Å². The Morgan fingerprint density at radius 2 is 1.52 bits per heavy atom. The number of phenols is 1. The van der Waals surface area contributed by atoms with Crippen molar-refractivity contribution in [3.8, 4) is 16.9 Å². The number of nitrogens with one attached hydrogen (secondary N) is 2. The molecule has 1 aliphatic rings. The smallest absolute Gasteiger partial charge is 0.323 e. The summed E-state index contributed by atoms with van der Waals surface area (Å²) < 4.78 is 0. The largest absolute Gasteiger partial charge is 0.508 e. The number of anilines is 2. The number of amides is 2. The average Bonchev–Trinajstić information content (AvgIpc) is 3.04. The maximum atomic E-state index is 12.9. The number of benzene rings is 4. The number of rotatable bonds is 2. The number of phenolic OH excluding ortho intramolecular Hbond substituents is 1. The molecule has 5 nitrogen and oxygen atoms in total. The van der Waals surface area contributed by atoms with E-state index in [9.17, 15) is 14.7 Å². The average molecular weight is 449 g/mol. The fourth-order valence-electron chi connectivity index (χ4n) is 3.91. The summed E-state index contributed by atoms with van der Waals surface area (Å²) in [6.07, 6.45) is 0. The normalized spacial score (nSPS) is 11.9. The Morgan fingerprint density at radius 3 is 2.32 bits per heavy atom. The van der Waals surface area contributed by atoms with Crippen molar-refractivity contribution in [3.63, 3.8) is 0 Å². The molecule has 0 saturated heterocycles. The summed E-state index contributed by atoms with van der Waals surface area (Å²) in [7, 11) is 0. The second-order valence-electron chi connectivity index (χ2n) is 7.13. The topological polar surface area (TPSA) is 78.4 Å². The lowest BCUT2D eigenvalue weighted by atomic mass is 10.0. The molecule has 0 unspecified atom stereocenters. The van der Waals surface area contributed by atoms with E-state index in [1.165, 1.54) is 18.2 Å². The molecule has 4 aromatic carbocycles. The van der Waals surface area contributed by atoms with Gasteiger partial charge in [0.2, 0.25) is 0 Å². The van der Waals surface area contributed by atoms with Crippen molar-refractivity contribution in [2.75, 3.05) is 10.6 Å². The van der Waals surface area contributed by atoms with E-state index in [0.29, 0.717) is 38.3 Å². The van der Waals surface area contributed by atoms with Gasteiger partial charge in [0, 0.05) is 16.3 Å². The van der Waals surface area contributed by atoms with Gasteiger partial charge in [0.05, 0.1) is 27.0 Å². The first kappa shape index (κ1) is 19.4. The van der Waals surface area contributed by atoms with E-state index in [4.69, 9.17) is 23.2 Å². The summed E-state index contributed by atoms with van der Waals surface area (Å²) in [6, 6.07) is 18.2. The minimum Gasteiger partial charge on any atom is -0.508 e. The Balaban J connectivity index is 1.50. The first-order chi connectivity index (χ1) is 14.9. The van der Waals surface area contributed by atoms with Crippen LogP contribution in [0.15, 0.2) is 66.7 Å². The number of hydrogen-bond acceptors (Lipinski definition) is 3. The van der Waals surface area contributed by atoms with Crippen LogP contribution in [0.3, 0.4) is 0 Å². The van der Waals surface area contributed by atoms with Gasteiger partial charge in [-0.3, -0.25) is 4.79 Å². The first-order valence-corrected chi connectivity index (χ1v) is 10.2. The summed E-state index contributed by atoms with van der Waals surface area (Å²) >= 11 is 12.6. The number of fused-ring (bicyclic) bond motifs is 4. The molecule has 0 saturated carbocycles. The monoisotopic (exact) mass is 448 g/mol. The van der Waals surface area contributed by atoms with Gasteiger partial charge in [-0.2, -0.15) is 0 Å². The van der Waals surface area contributed by atoms with E-state index in [1.807, 2.05) is 24.3 Å². The lowest BCUT2D eigenvalue weighted by Gasteiger charge is -2.14. The van der Waals surface area contributed by atoms with E-state index < -0.39 is 6.03 Å². The number of aromatic hydroxyl groups is 1. The Hall–Kier alpha value is -3.54. The summed E-state index contributed by atoms with van der Waals surface area (Å²) in [5.74, 6) is -0.125. The molecule has 2 amide bonds. The van der Waals surface area contributed by atoms with Crippen LogP contribution in [0.4, 0.5) is 16.2 Å². The van der Waals surface area contributed by atoms with E-state index >= 15 is 0 Å². The molecule has 0 aromatic heterocycles. The van der Waals surface area contributed by atoms with Crippen LogP contribution < -0.4 is 10.6 Å². The number of carbonyl (C=O) groups is 2. The van der Waals surface area contributed by atoms with Crippen LogP contribution in [0.2, 0.25) is 10.0 Å². The molecular formula is C24H14Cl2N2O3. The lowest BCUT2D eigenvalue weighted by Crippen LogP contribution is -2.21. The number of halogens is 2. The highest BCUT2D eigenvalue weighted by Crippen LogP contribution is 2.41. The molecule has 0 atom stereocenters. The Kier molecular flexibility index (Phi) is 4.58. The zero-order chi connectivity index (χ0) is 21.7. The minimum absolute atomic E-state index is 0.0125. The van der Waals surface area contributed by atoms with Crippen molar-refractivity contribution < 1.29 is 14.7 Å². The number of urea groups is 1. The molecular weight excluding hydrogens is 435 g/mol. The van der Waals surface area contributed by atoms with Crippen molar-refractivity contribution >= 4 is 57.2 Å². The Morgan fingerprint density at radius 1 is 0.774 bits per heavy atom. The van der Waals surface area contributed by atoms with Gasteiger partial charge in [-0.05, 0) is 41.5 Å². The second-order valence-corrected chi connectivity index (χ2v) is 7.94. The maximum Gasteiger partial charge on any atom is 0.323 e. The predicted molar refractivity (Wildman–Crippen MR) is 124 cm³/mol. The zero-order valence-corrected chi connectivity index (χ0v) is 17.4. The molecule has 5 rings (SSSR count). The highest BCUT2D eigenvalue weighted by molar-refractivity contribution is 6.41. The summed E-state index contributed by atoms with van der Waals surface area (Å²) in [6.45, 7) is 0. The highest BCUT2D eigenvalue weighted by atomic mass is 35.5. The van der Waals surface area contributed by atoms with E-state index in [2.05, 4.69) is 10.6 Å². The van der Waals surface area contributed by atoms with Gasteiger partial charge in [-0.25, -0.2) is 4.79 Å². The van der Waals surface area contributed by atoms with Crippen LogP contribution in [0, 0.1) is 0 Å². The summed E-state index contributed by atoms with van der Waals surface area (Å²) in [5, 5.41) is 17.1. The van der Waals surface area contributed by atoms with Gasteiger partial charge in [-0.15, -0.1) is 0 Å². The molecule has 3 N–H and O–H groups in total. The van der Waals surface area contributed by atoms with Crippen LogP contribution in [0.5, 0.6) is 5.75 Å². The fourth-order valence-corrected chi connectivity index (χ4v) is 4.50. The molecule has 7 heteroatoms. The van der Waals surface area contributed by atoms with Gasteiger partial charge >= 0.3 is 6.03 Å². The second kappa shape index (κ2) is 7.30. The van der Waals surface area contributed by atoms with Gasteiger partial charge < -0.3 is 15.7 Å². The number of carbonyl (C=O) groups excluding carboxylic acids is 2. The maximum absolute atomic E-state index is 12.9. The molecule has 0 spiro atoms. The third-order valence-electron chi connectivity index (χ3n) is 5.26. The quantitative estimate of drug-likeness (QED) is 0.280. The fraction of sp³-hybridized carbons (Fsp3) is 0. The molecule has 0 bridgehead atoms. The third kappa shape index (κ3) is 3.19. The molecule has 0 radical (unpaired) electrons. The Bertz CT molecular complexity index is 1420. The van der Waals surface area contributed by atoms with Crippen molar-refractivity contribution in [1.82, 2.24) is 0 Å². The van der Waals surface area contributed by atoms with Crippen LogP contribution in [0.1, 0.15) is 15.9 Å². The van der Waals surface area contributed by atoms with Gasteiger partial charge in [0.15, 0.2) is 5.78 Å². The van der Waals surface area contributed by atoms with E-state index in [0.717, 1.165) is 11.1 Å². The Labute approximate surface area is 187 Å². The first-order valence-electron chi connectivity index (χ1n) is 9.40. The third-order valence-corrected chi connectivity index (χ3v) is 5.87. The molecule has 0 fully saturated rings. The van der Waals surface area contributed by atoms with Crippen molar-refractivity contribution in [2.24, 2.45) is 0 Å². The highest BCUT2D eigenvalue weighted by Gasteiger charge is 2.29. The van der Waals surface area contributed by atoms with Crippen molar-refractivity contribution in [1.29, 1.82) is 0 Å². The van der Waals surface area contributed by atoms with Crippen LogP contribution in [0.25, 0.3) is 21.9 Å². The summed E-state index contributed by atoms with van der Waals surface area (Å²) in [4.78, 5) is 25.8. The summed E-state index contributed by atoms with van der Waals surface area (Å²) in [5.41, 5.74) is 3.37. The van der Waals surface area contributed by atoms with Crippen LogP contribution in [-0.2, 0) is 0 Å². The van der Waals surface area contributed by atoms with Gasteiger partial charge in [0.1, 0.15) is 5.75 Å². The molecule has 0 aliphatic heterocycles. The molecule has 0 heterocycles. The standard InChI is InChI=1S/C24H14Cl2N2O3/c25-18-11-19(26)22(17-10-12(29)8-9-14(17)18)28-24(31)27-20-7-3-6-15-13-4-1-2-5-16(13)23(30)21(15)20/h1-11,29H,(H2,27,28,31). The van der Waals surface area contributed by atoms with E-state index in [1.54, 1.807) is 24.3 Å². The van der Waals surface area contributed by atoms with Crippen LogP contribution >= 0.6 is 23.2 Å². The number of ketones is 1. The number of hydrogen-bond donors (Lipinski definition) is 3. The zero-order valence-electron chi connectivity index (χ0n) is 15.9. The van der Waals surface area contributed by atoms with Crippen LogP contribution in [-0.4, -0.2) is 16.9 Å². The molecule has 31 heavy (non-hydrogen) atoms. The van der Waals surface area contributed by atoms with Gasteiger partial charge in [-0.1, -0.05) is 59.6 Å². The minimum atomic E-state index is -0.578.